The molecule has 0 radical (unpaired) electrons. The summed E-state index contributed by atoms with van der Waals surface area (Å²) in [4.78, 5) is 19.7. The van der Waals surface area contributed by atoms with Gasteiger partial charge in [-0.05, 0) is 55.2 Å². The summed E-state index contributed by atoms with van der Waals surface area (Å²) in [5.74, 6) is 1.50. The molecule has 5 rings (SSSR count). The summed E-state index contributed by atoms with van der Waals surface area (Å²) in [7, 11) is 0. The molecule has 2 aromatic carbocycles. The molecule has 0 N–H and O–H groups in total. The third-order valence-corrected chi connectivity index (χ3v) is 6.33. The van der Waals surface area contributed by atoms with Crippen LogP contribution in [0.4, 0.5) is 0 Å². The standard InChI is InChI=1S/C22H20N2O3S/c25-21(11-9-15-8-10-18-19(13-15)27-14-26-18)24-12-4-3-6-17(24)22-23-16-5-1-2-7-20(16)28-22/h1-2,5,7-11,13,17H,3-4,6,12,14H2. The Hall–Kier alpha value is -2.86. The van der Waals surface area contributed by atoms with Gasteiger partial charge in [-0.3, -0.25) is 4.79 Å². The number of amides is 1. The van der Waals surface area contributed by atoms with Crippen LogP contribution < -0.4 is 9.47 Å². The van der Waals surface area contributed by atoms with E-state index in [4.69, 9.17) is 14.5 Å². The highest BCUT2D eigenvalue weighted by atomic mass is 32.1. The Morgan fingerprint density at radius 2 is 2.04 bits per heavy atom. The Balaban J connectivity index is 1.37. The first-order chi connectivity index (χ1) is 13.8. The number of benzene rings is 2. The molecule has 5 nitrogen and oxygen atoms in total. The molecule has 6 heteroatoms. The molecule has 3 heterocycles. The van der Waals surface area contributed by atoms with Crippen molar-refractivity contribution >= 4 is 33.5 Å². The number of ether oxygens (including phenoxy) is 2. The number of piperidine rings is 1. The van der Waals surface area contributed by atoms with Gasteiger partial charge in [-0.1, -0.05) is 18.2 Å². The second-order valence-corrected chi connectivity index (χ2v) is 8.07. The lowest BCUT2D eigenvalue weighted by Gasteiger charge is -2.33. The van der Waals surface area contributed by atoms with Gasteiger partial charge in [0.15, 0.2) is 11.5 Å². The molecule has 1 amide bonds. The molecule has 1 saturated heterocycles. The minimum Gasteiger partial charge on any atom is -0.454 e. The first-order valence-corrected chi connectivity index (χ1v) is 10.3. The summed E-state index contributed by atoms with van der Waals surface area (Å²) in [5.41, 5.74) is 1.93. The number of aromatic nitrogens is 1. The summed E-state index contributed by atoms with van der Waals surface area (Å²) < 4.78 is 11.9. The molecule has 3 aromatic rings. The second kappa shape index (κ2) is 7.28. The van der Waals surface area contributed by atoms with Gasteiger partial charge in [0, 0.05) is 12.6 Å². The lowest BCUT2D eigenvalue weighted by molar-refractivity contribution is -0.129. The molecule has 1 aromatic heterocycles. The van der Waals surface area contributed by atoms with Crippen molar-refractivity contribution in [1.82, 2.24) is 9.88 Å². The van der Waals surface area contributed by atoms with Crippen molar-refractivity contribution in [1.29, 1.82) is 0 Å². The summed E-state index contributed by atoms with van der Waals surface area (Å²) in [6, 6.07) is 13.9. The van der Waals surface area contributed by atoms with E-state index in [1.807, 2.05) is 47.4 Å². The second-order valence-electron chi connectivity index (χ2n) is 7.01. The van der Waals surface area contributed by atoms with Crippen molar-refractivity contribution < 1.29 is 14.3 Å². The maximum absolute atomic E-state index is 13.0. The van der Waals surface area contributed by atoms with Crippen LogP contribution in [0.2, 0.25) is 0 Å². The number of fused-ring (bicyclic) bond motifs is 2. The average Bonchev–Trinajstić information content (AvgIpc) is 3.38. The lowest BCUT2D eigenvalue weighted by atomic mass is 10.0. The van der Waals surface area contributed by atoms with Crippen molar-refractivity contribution in [2.45, 2.75) is 25.3 Å². The van der Waals surface area contributed by atoms with Gasteiger partial charge in [-0.25, -0.2) is 4.98 Å². The van der Waals surface area contributed by atoms with Crippen LogP contribution in [0.25, 0.3) is 16.3 Å². The Morgan fingerprint density at radius 3 is 2.96 bits per heavy atom. The number of para-hydroxylation sites is 1. The quantitative estimate of drug-likeness (QED) is 0.601. The number of carbonyl (C=O) groups is 1. The van der Waals surface area contributed by atoms with Gasteiger partial charge in [-0.15, -0.1) is 11.3 Å². The third kappa shape index (κ3) is 3.24. The van der Waals surface area contributed by atoms with Gasteiger partial charge in [0.05, 0.1) is 16.3 Å². The largest absolute Gasteiger partial charge is 0.454 e. The summed E-state index contributed by atoms with van der Waals surface area (Å²) in [6.45, 7) is 1.02. The molecule has 2 aliphatic rings. The first-order valence-electron chi connectivity index (χ1n) is 9.52. The zero-order valence-electron chi connectivity index (χ0n) is 15.3. The fourth-order valence-electron chi connectivity index (χ4n) is 3.76. The van der Waals surface area contributed by atoms with E-state index in [2.05, 4.69) is 6.07 Å². The van der Waals surface area contributed by atoms with Gasteiger partial charge in [0.2, 0.25) is 12.7 Å². The monoisotopic (exact) mass is 392 g/mol. The van der Waals surface area contributed by atoms with Gasteiger partial charge in [0.25, 0.3) is 0 Å². The van der Waals surface area contributed by atoms with Gasteiger partial charge in [0.1, 0.15) is 5.01 Å². The molecule has 1 atom stereocenters. The molecular formula is C22H20N2O3S. The number of rotatable bonds is 3. The van der Waals surface area contributed by atoms with E-state index in [0.717, 1.165) is 53.4 Å². The van der Waals surface area contributed by atoms with Crippen LogP contribution in [-0.2, 0) is 4.79 Å². The smallest absolute Gasteiger partial charge is 0.247 e. The molecule has 0 bridgehead atoms. The fourth-order valence-corrected chi connectivity index (χ4v) is 4.88. The molecule has 1 fully saturated rings. The molecule has 1 unspecified atom stereocenters. The Kier molecular flexibility index (Phi) is 4.49. The third-order valence-electron chi connectivity index (χ3n) is 5.20. The minimum absolute atomic E-state index is 0.0293. The number of thiazole rings is 1. The van der Waals surface area contributed by atoms with Gasteiger partial charge in [-0.2, -0.15) is 0 Å². The van der Waals surface area contributed by atoms with Crippen LogP contribution in [0.1, 0.15) is 35.9 Å². The Bertz CT molecular complexity index is 1030. The van der Waals surface area contributed by atoms with E-state index in [9.17, 15) is 4.79 Å². The SMILES string of the molecule is O=C(C=Cc1ccc2c(c1)OCO2)N1CCCCC1c1nc2ccccc2s1. The topological polar surface area (TPSA) is 51.7 Å². The number of hydrogen-bond donors (Lipinski definition) is 0. The van der Waals surface area contributed by atoms with Crippen molar-refractivity contribution in [2.24, 2.45) is 0 Å². The molecular weight excluding hydrogens is 372 g/mol. The number of carbonyl (C=O) groups excluding carboxylic acids is 1. The van der Waals surface area contributed by atoms with Crippen molar-refractivity contribution in [3.05, 3.63) is 59.1 Å². The highest BCUT2D eigenvalue weighted by Gasteiger charge is 2.29. The number of nitrogens with zero attached hydrogens (tertiary/aromatic N) is 2. The van der Waals surface area contributed by atoms with E-state index in [1.54, 1.807) is 17.4 Å². The zero-order valence-corrected chi connectivity index (χ0v) is 16.2. The Labute approximate surface area is 167 Å². The van der Waals surface area contributed by atoms with Crippen LogP contribution in [0, 0.1) is 0 Å². The molecule has 0 saturated carbocycles. The van der Waals surface area contributed by atoms with Crippen molar-refractivity contribution in [3.63, 3.8) is 0 Å². The molecule has 0 spiro atoms. The van der Waals surface area contributed by atoms with Crippen molar-refractivity contribution in [3.8, 4) is 11.5 Å². The van der Waals surface area contributed by atoms with Gasteiger partial charge < -0.3 is 14.4 Å². The molecule has 2 aliphatic heterocycles. The zero-order chi connectivity index (χ0) is 18.9. The fraction of sp³-hybridized carbons (Fsp3) is 0.273. The van der Waals surface area contributed by atoms with Gasteiger partial charge >= 0.3 is 0 Å². The summed E-state index contributed by atoms with van der Waals surface area (Å²) in [6.07, 6.45) is 6.61. The van der Waals surface area contributed by atoms with E-state index < -0.39 is 0 Å². The summed E-state index contributed by atoms with van der Waals surface area (Å²) >= 11 is 1.69. The van der Waals surface area contributed by atoms with E-state index >= 15 is 0 Å². The maximum Gasteiger partial charge on any atom is 0.247 e. The van der Waals surface area contributed by atoms with Crippen LogP contribution in [0.3, 0.4) is 0 Å². The normalized spacial score (nSPS) is 18.9. The van der Waals surface area contributed by atoms with E-state index in [-0.39, 0.29) is 18.7 Å². The first kappa shape index (κ1) is 17.3. The van der Waals surface area contributed by atoms with Crippen LogP contribution in [-0.4, -0.2) is 29.1 Å². The maximum atomic E-state index is 13.0. The highest BCUT2D eigenvalue weighted by Crippen LogP contribution is 2.36. The minimum atomic E-state index is 0.0293. The van der Waals surface area contributed by atoms with Crippen LogP contribution in [0.5, 0.6) is 11.5 Å². The van der Waals surface area contributed by atoms with Crippen LogP contribution in [0.15, 0.2) is 48.5 Å². The molecule has 142 valence electrons. The predicted molar refractivity (Wildman–Crippen MR) is 110 cm³/mol. The van der Waals surface area contributed by atoms with E-state index in [1.165, 1.54) is 4.70 Å². The Morgan fingerprint density at radius 1 is 1.14 bits per heavy atom. The molecule has 28 heavy (non-hydrogen) atoms. The number of hydrogen-bond acceptors (Lipinski definition) is 5. The highest BCUT2D eigenvalue weighted by molar-refractivity contribution is 7.18. The summed E-state index contributed by atoms with van der Waals surface area (Å²) in [5, 5.41) is 1.03. The molecule has 0 aliphatic carbocycles. The van der Waals surface area contributed by atoms with Crippen LogP contribution >= 0.6 is 11.3 Å². The average molecular weight is 392 g/mol. The van der Waals surface area contributed by atoms with E-state index in [0.29, 0.717) is 0 Å². The lowest BCUT2D eigenvalue weighted by Crippen LogP contribution is -2.37. The van der Waals surface area contributed by atoms with Crippen molar-refractivity contribution in [2.75, 3.05) is 13.3 Å². The predicted octanol–water partition coefficient (Wildman–Crippen LogP) is 4.79. The number of likely N-dealkylation sites (tertiary alicyclic amines) is 1.